The van der Waals surface area contributed by atoms with Gasteiger partial charge in [0.15, 0.2) is 0 Å². The summed E-state index contributed by atoms with van der Waals surface area (Å²) in [6, 6.07) is 4.48. The lowest BCUT2D eigenvalue weighted by Gasteiger charge is -2.17. The van der Waals surface area contributed by atoms with E-state index < -0.39 is 0 Å². The summed E-state index contributed by atoms with van der Waals surface area (Å²) >= 11 is 0. The van der Waals surface area contributed by atoms with Gasteiger partial charge in [0.2, 0.25) is 11.8 Å². The topological polar surface area (TPSA) is 63.4 Å². The van der Waals surface area contributed by atoms with Gasteiger partial charge in [0, 0.05) is 6.54 Å². The quantitative estimate of drug-likeness (QED) is 0.864. The van der Waals surface area contributed by atoms with Gasteiger partial charge in [-0.05, 0) is 42.0 Å². The minimum atomic E-state index is -0.388. The molecule has 3 rings (SSSR count). The molecule has 1 saturated carbocycles. The van der Waals surface area contributed by atoms with Gasteiger partial charge in [-0.15, -0.1) is 0 Å². The van der Waals surface area contributed by atoms with Crippen molar-refractivity contribution in [1.29, 1.82) is 0 Å². The van der Waals surface area contributed by atoms with Crippen LogP contribution in [0.1, 0.15) is 30.9 Å². The minimum Gasteiger partial charge on any atom is -0.326 e. The number of carbonyl (C=O) groups excluding carboxylic acids is 2. The molecular weight excluding hydrogens is 271 g/mol. The molecule has 1 aliphatic carbocycles. The van der Waals surface area contributed by atoms with E-state index in [0.29, 0.717) is 17.0 Å². The second-order valence-electron chi connectivity index (χ2n) is 6.22. The average Bonchev–Trinajstić information content (AvgIpc) is 2.92. The summed E-state index contributed by atoms with van der Waals surface area (Å²) in [5.74, 6) is -0.514. The van der Waals surface area contributed by atoms with Crippen LogP contribution >= 0.6 is 0 Å². The second-order valence-corrected chi connectivity index (χ2v) is 6.22. The van der Waals surface area contributed by atoms with Crippen molar-refractivity contribution in [1.82, 2.24) is 4.90 Å². The average molecular weight is 290 g/mol. The van der Waals surface area contributed by atoms with E-state index in [0.717, 1.165) is 12.8 Å². The van der Waals surface area contributed by atoms with Crippen LogP contribution in [0.2, 0.25) is 0 Å². The number of likely N-dealkylation sites (tertiary alicyclic amines) is 1. The Balaban J connectivity index is 1.81. The van der Waals surface area contributed by atoms with E-state index in [2.05, 4.69) is 6.92 Å². The van der Waals surface area contributed by atoms with Crippen molar-refractivity contribution in [2.24, 2.45) is 23.5 Å². The van der Waals surface area contributed by atoms with E-state index in [-0.39, 0.29) is 42.6 Å². The maximum Gasteiger partial charge on any atom is 0.233 e. The monoisotopic (exact) mass is 290 g/mol. The first-order valence-corrected chi connectivity index (χ1v) is 7.33. The lowest BCUT2D eigenvalue weighted by molar-refractivity contribution is -0.141. The Morgan fingerprint density at radius 2 is 1.71 bits per heavy atom. The molecule has 2 aliphatic rings. The summed E-state index contributed by atoms with van der Waals surface area (Å²) in [4.78, 5) is 26.0. The number of hydrogen-bond donors (Lipinski definition) is 1. The van der Waals surface area contributed by atoms with Gasteiger partial charge in [0.1, 0.15) is 5.82 Å². The first kappa shape index (κ1) is 14.2. The predicted molar refractivity (Wildman–Crippen MR) is 75.2 cm³/mol. The molecule has 1 saturated heterocycles. The molecule has 2 atom stereocenters. The predicted octanol–water partition coefficient (Wildman–Crippen LogP) is 1.82. The van der Waals surface area contributed by atoms with Crippen LogP contribution in [0.5, 0.6) is 0 Å². The molecule has 2 unspecified atom stereocenters. The zero-order valence-corrected chi connectivity index (χ0v) is 12.0. The second kappa shape index (κ2) is 5.22. The van der Waals surface area contributed by atoms with Crippen LogP contribution in [0.3, 0.4) is 0 Å². The third kappa shape index (κ3) is 2.46. The molecule has 21 heavy (non-hydrogen) atoms. The Morgan fingerprint density at radius 1 is 1.14 bits per heavy atom. The van der Waals surface area contributed by atoms with E-state index in [1.165, 1.54) is 17.0 Å². The van der Waals surface area contributed by atoms with Crippen molar-refractivity contribution in [2.75, 3.05) is 0 Å². The molecule has 2 fully saturated rings. The van der Waals surface area contributed by atoms with Crippen LogP contribution in [0.15, 0.2) is 18.2 Å². The highest BCUT2D eigenvalue weighted by molar-refractivity contribution is 6.05. The smallest absolute Gasteiger partial charge is 0.233 e. The molecule has 1 aromatic rings. The summed E-state index contributed by atoms with van der Waals surface area (Å²) in [6.07, 6.45) is 1.56. The summed E-state index contributed by atoms with van der Waals surface area (Å²) in [6.45, 7) is 2.45. The summed E-state index contributed by atoms with van der Waals surface area (Å²) in [7, 11) is 0. The third-order valence-corrected chi connectivity index (χ3v) is 4.56. The molecule has 1 aromatic carbocycles. The number of hydrogen-bond acceptors (Lipinski definition) is 3. The standard InChI is InChI=1S/C16H19FN2O2/c1-9-2-13-14(3-9)16(21)19(15(13)20)8-11-4-10(7-18)5-12(17)6-11/h4-6,9,13-14H,2-3,7-8,18H2,1H3. The number of fused-ring (bicyclic) bond motifs is 1. The number of carbonyl (C=O) groups is 2. The molecule has 2 amide bonds. The normalized spacial score (nSPS) is 28.3. The zero-order valence-electron chi connectivity index (χ0n) is 12.0. The first-order valence-electron chi connectivity index (χ1n) is 7.33. The fourth-order valence-corrected chi connectivity index (χ4v) is 3.61. The van der Waals surface area contributed by atoms with Crippen LogP contribution in [-0.4, -0.2) is 16.7 Å². The lowest BCUT2D eigenvalue weighted by atomic mass is 10.00. The van der Waals surface area contributed by atoms with E-state index in [4.69, 9.17) is 5.73 Å². The molecule has 0 aromatic heterocycles. The number of benzene rings is 1. The molecule has 2 N–H and O–H groups in total. The van der Waals surface area contributed by atoms with Crippen molar-refractivity contribution < 1.29 is 14.0 Å². The van der Waals surface area contributed by atoms with Crippen molar-refractivity contribution in [3.63, 3.8) is 0 Å². The van der Waals surface area contributed by atoms with Crippen LogP contribution in [0.4, 0.5) is 4.39 Å². The highest BCUT2D eigenvalue weighted by Gasteiger charge is 2.51. The molecule has 5 heteroatoms. The minimum absolute atomic E-state index is 0.104. The van der Waals surface area contributed by atoms with Gasteiger partial charge >= 0.3 is 0 Å². The molecule has 1 heterocycles. The van der Waals surface area contributed by atoms with Crippen LogP contribution in [0, 0.1) is 23.6 Å². The number of nitrogens with zero attached hydrogens (tertiary/aromatic N) is 1. The Labute approximate surface area is 123 Å². The SMILES string of the molecule is CC1CC2C(=O)N(Cc3cc(F)cc(CN)c3)C(=O)C2C1. The van der Waals surface area contributed by atoms with Gasteiger partial charge in [0.05, 0.1) is 18.4 Å². The van der Waals surface area contributed by atoms with Gasteiger partial charge in [-0.3, -0.25) is 14.5 Å². The molecule has 0 spiro atoms. The van der Waals surface area contributed by atoms with Gasteiger partial charge in [0.25, 0.3) is 0 Å². The first-order chi connectivity index (χ1) is 9.99. The third-order valence-electron chi connectivity index (χ3n) is 4.56. The highest BCUT2D eigenvalue weighted by atomic mass is 19.1. The fourth-order valence-electron chi connectivity index (χ4n) is 3.61. The maximum absolute atomic E-state index is 13.5. The van der Waals surface area contributed by atoms with Crippen molar-refractivity contribution in [2.45, 2.75) is 32.9 Å². The largest absolute Gasteiger partial charge is 0.326 e. The van der Waals surface area contributed by atoms with E-state index in [1.54, 1.807) is 6.07 Å². The number of amides is 2. The van der Waals surface area contributed by atoms with Gasteiger partial charge < -0.3 is 5.73 Å². The fraction of sp³-hybridized carbons (Fsp3) is 0.500. The Hall–Kier alpha value is -1.75. The van der Waals surface area contributed by atoms with Crippen LogP contribution in [-0.2, 0) is 22.7 Å². The number of rotatable bonds is 3. The van der Waals surface area contributed by atoms with Gasteiger partial charge in [-0.2, -0.15) is 0 Å². The summed E-state index contributed by atoms with van der Waals surface area (Å²) in [5, 5.41) is 0. The van der Waals surface area contributed by atoms with Gasteiger partial charge in [-0.1, -0.05) is 13.0 Å². The van der Waals surface area contributed by atoms with Crippen molar-refractivity contribution in [3.05, 3.63) is 35.1 Å². The maximum atomic E-state index is 13.5. The van der Waals surface area contributed by atoms with Gasteiger partial charge in [-0.25, -0.2) is 4.39 Å². The zero-order chi connectivity index (χ0) is 15.1. The highest BCUT2D eigenvalue weighted by Crippen LogP contribution is 2.43. The lowest BCUT2D eigenvalue weighted by Crippen LogP contribution is -2.31. The van der Waals surface area contributed by atoms with Crippen LogP contribution in [0.25, 0.3) is 0 Å². The summed E-state index contributed by atoms with van der Waals surface area (Å²) < 4.78 is 13.5. The Bertz CT molecular complexity index is 578. The number of halogens is 1. The molecule has 0 bridgehead atoms. The summed E-state index contributed by atoms with van der Waals surface area (Å²) in [5.41, 5.74) is 6.81. The molecule has 1 aliphatic heterocycles. The molecule has 112 valence electrons. The number of imide groups is 1. The Morgan fingerprint density at radius 3 is 2.29 bits per heavy atom. The molecule has 4 nitrogen and oxygen atoms in total. The molecular formula is C16H19FN2O2. The van der Waals surface area contributed by atoms with Crippen LogP contribution < -0.4 is 5.73 Å². The number of nitrogens with two attached hydrogens (primary N) is 1. The van der Waals surface area contributed by atoms with E-state index in [1.807, 2.05) is 0 Å². The van der Waals surface area contributed by atoms with Crippen molar-refractivity contribution in [3.8, 4) is 0 Å². The Kier molecular flexibility index (Phi) is 3.53. The van der Waals surface area contributed by atoms with Crippen molar-refractivity contribution >= 4 is 11.8 Å². The van der Waals surface area contributed by atoms with E-state index >= 15 is 0 Å². The molecule has 0 radical (unpaired) electrons. The van der Waals surface area contributed by atoms with E-state index in [9.17, 15) is 14.0 Å².